The van der Waals surface area contributed by atoms with Gasteiger partial charge in [0, 0.05) is 16.7 Å². The van der Waals surface area contributed by atoms with E-state index in [0.29, 0.717) is 23.0 Å². The molecule has 1 aliphatic carbocycles. The van der Waals surface area contributed by atoms with Crippen LogP contribution in [0.4, 0.5) is 0 Å². The average Bonchev–Trinajstić information content (AvgIpc) is 3.45. The van der Waals surface area contributed by atoms with E-state index in [1.807, 2.05) is 13.8 Å². The number of carbonyl (C=O) groups excluding carboxylic acids is 2. The van der Waals surface area contributed by atoms with E-state index < -0.39 is 11.8 Å². The van der Waals surface area contributed by atoms with Crippen LogP contribution >= 0.6 is 11.7 Å². The number of rotatable bonds is 8. The first kappa shape index (κ1) is 26.3. The van der Waals surface area contributed by atoms with Crippen LogP contribution in [-0.4, -0.2) is 31.7 Å². The normalized spacial score (nSPS) is 14.7. The standard InChI is InChI=1S/C25H26N2O5S.Na/c1-14(2)32-22-10-8-17(13-21(22)28)24(29)18(11-15-5-3-4-6-15)23(25(30)31)16-7-9-19-20(12-16)27-33-26-19;/h7-10,12-15,28H,3-6,11H2,1-2H3,(H,30,31);/q;+1/p-1. The summed E-state index contributed by atoms with van der Waals surface area (Å²) in [5, 5.41) is 22.7. The number of aliphatic carboxylic acids is 1. The van der Waals surface area contributed by atoms with Crippen LogP contribution in [0.15, 0.2) is 42.0 Å². The van der Waals surface area contributed by atoms with Crippen molar-refractivity contribution in [2.75, 3.05) is 0 Å². The summed E-state index contributed by atoms with van der Waals surface area (Å²) in [5.41, 5.74) is 1.84. The summed E-state index contributed by atoms with van der Waals surface area (Å²) in [5.74, 6) is -1.53. The van der Waals surface area contributed by atoms with Crippen molar-refractivity contribution in [2.24, 2.45) is 5.92 Å². The SMILES string of the molecule is CC(C)Oc1ccc(C(=O)C(CC2CCCC2)=C(C(=O)[O-])c2ccc3nsnc3c2)cc1O.[Na+]. The molecule has 0 bridgehead atoms. The number of benzene rings is 2. The number of hydrogen-bond donors (Lipinski definition) is 1. The van der Waals surface area contributed by atoms with E-state index in [0.717, 1.165) is 37.4 Å². The summed E-state index contributed by atoms with van der Waals surface area (Å²) >= 11 is 1.04. The number of phenols is 1. The number of ether oxygens (including phenoxy) is 1. The zero-order valence-electron chi connectivity index (χ0n) is 19.5. The van der Waals surface area contributed by atoms with Crippen LogP contribution in [-0.2, 0) is 4.79 Å². The Morgan fingerprint density at radius 2 is 1.76 bits per heavy atom. The summed E-state index contributed by atoms with van der Waals surface area (Å²) in [4.78, 5) is 26.0. The number of nitrogens with zero attached hydrogens (tertiary/aromatic N) is 2. The van der Waals surface area contributed by atoms with Crippen LogP contribution in [0.1, 0.15) is 61.9 Å². The molecule has 0 amide bonds. The Hall–Kier alpha value is -2.26. The minimum atomic E-state index is -1.41. The van der Waals surface area contributed by atoms with E-state index >= 15 is 0 Å². The van der Waals surface area contributed by atoms with E-state index in [-0.39, 0.29) is 69.8 Å². The number of Topliss-reactive ketones (excluding diaryl/α,β-unsaturated/α-hetero) is 1. The number of fused-ring (bicyclic) bond motifs is 1. The van der Waals surface area contributed by atoms with Crippen LogP contribution in [0.25, 0.3) is 16.6 Å². The smallest absolute Gasteiger partial charge is 0.545 e. The molecule has 7 nitrogen and oxygen atoms in total. The molecule has 4 rings (SSSR count). The summed E-state index contributed by atoms with van der Waals surface area (Å²) in [6.45, 7) is 3.67. The molecular weight excluding hydrogens is 463 g/mol. The molecule has 1 heterocycles. The fourth-order valence-corrected chi connectivity index (χ4v) is 4.87. The van der Waals surface area contributed by atoms with Crippen LogP contribution < -0.4 is 39.4 Å². The van der Waals surface area contributed by atoms with Crippen molar-refractivity contribution in [3.05, 3.63) is 53.1 Å². The van der Waals surface area contributed by atoms with Gasteiger partial charge in [-0.15, -0.1) is 0 Å². The second-order valence-corrected chi connectivity index (χ2v) is 9.17. The molecule has 9 heteroatoms. The van der Waals surface area contributed by atoms with Gasteiger partial charge < -0.3 is 19.7 Å². The number of phenolic OH excluding ortho intramolecular Hbond substituents is 1. The average molecular weight is 489 g/mol. The molecule has 0 unspecified atom stereocenters. The van der Waals surface area contributed by atoms with Crippen molar-refractivity contribution < 1.29 is 54.1 Å². The first-order valence-corrected chi connectivity index (χ1v) is 11.8. The second-order valence-electron chi connectivity index (χ2n) is 8.64. The zero-order chi connectivity index (χ0) is 23.5. The maximum atomic E-state index is 13.6. The molecule has 0 spiro atoms. The van der Waals surface area contributed by atoms with Crippen LogP contribution in [0.3, 0.4) is 0 Å². The Kier molecular flexibility index (Phi) is 8.87. The number of allylic oxidation sites excluding steroid dienone is 1. The molecule has 34 heavy (non-hydrogen) atoms. The second kappa shape index (κ2) is 11.4. The third-order valence-electron chi connectivity index (χ3n) is 5.87. The van der Waals surface area contributed by atoms with E-state index in [9.17, 15) is 19.8 Å². The molecule has 172 valence electrons. The number of aromatic nitrogens is 2. The fraction of sp³-hybridized carbons (Fsp3) is 0.360. The third-order valence-corrected chi connectivity index (χ3v) is 6.43. The minimum Gasteiger partial charge on any atom is -0.545 e. The zero-order valence-corrected chi connectivity index (χ0v) is 22.4. The van der Waals surface area contributed by atoms with Gasteiger partial charge in [-0.25, -0.2) is 0 Å². The van der Waals surface area contributed by atoms with Crippen LogP contribution in [0, 0.1) is 5.92 Å². The molecular formula is C25H25N2NaO5S. The Morgan fingerprint density at radius 3 is 2.41 bits per heavy atom. The molecule has 0 atom stereocenters. The largest absolute Gasteiger partial charge is 1.00 e. The van der Waals surface area contributed by atoms with Gasteiger partial charge in [-0.1, -0.05) is 31.7 Å². The van der Waals surface area contributed by atoms with Crippen molar-refractivity contribution >= 4 is 40.1 Å². The van der Waals surface area contributed by atoms with Gasteiger partial charge in [0.1, 0.15) is 11.0 Å². The van der Waals surface area contributed by atoms with Gasteiger partial charge in [-0.3, -0.25) is 4.79 Å². The van der Waals surface area contributed by atoms with E-state index in [1.54, 1.807) is 24.3 Å². The van der Waals surface area contributed by atoms with Gasteiger partial charge in [-0.05, 0) is 62.1 Å². The molecule has 1 saturated carbocycles. The van der Waals surface area contributed by atoms with Crippen LogP contribution in [0.2, 0.25) is 0 Å². The molecule has 1 fully saturated rings. The van der Waals surface area contributed by atoms with E-state index in [2.05, 4.69) is 8.75 Å². The number of carboxylic acids is 1. The number of hydrogen-bond acceptors (Lipinski definition) is 8. The van der Waals surface area contributed by atoms with Gasteiger partial charge in [0.15, 0.2) is 17.3 Å². The van der Waals surface area contributed by atoms with Crippen LogP contribution in [0.5, 0.6) is 11.5 Å². The first-order valence-electron chi connectivity index (χ1n) is 11.0. The van der Waals surface area contributed by atoms with Crippen molar-refractivity contribution in [3.8, 4) is 11.5 Å². The van der Waals surface area contributed by atoms with Gasteiger partial charge in [0.2, 0.25) is 0 Å². The van der Waals surface area contributed by atoms with Gasteiger partial charge in [0.05, 0.1) is 23.8 Å². The first-order chi connectivity index (χ1) is 15.8. The maximum absolute atomic E-state index is 13.6. The van der Waals surface area contributed by atoms with Gasteiger partial charge in [0.25, 0.3) is 0 Å². The molecule has 0 aliphatic heterocycles. The molecule has 3 aromatic rings. The van der Waals surface area contributed by atoms with Gasteiger partial charge >= 0.3 is 29.6 Å². The summed E-state index contributed by atoms with van der Waals surface area (Å²) in [6.07, 6.45) is 4.20. The van der Waals surface area contributed by atoms with Gasteiger partial charge in [-0.2, -0.15) is 8.75 Å². The minimum absolute atomic E-state index is 0. The van der Waals surface area contributed by atoms with Crippen molar-refractivity contribution in [1.29, 1.82) is 0 Å². The topological polar surface area (TPSA) is 112 Å². The summed E-state index contributed by atoms with van der Waals surface area (Å²) in [7, 11) is 0. The van der Waals surface area contributed by atoms with Crippen molar-refractivity contribution in [1.82, 2.24) is 8.75 Å². The predicted octanol–water partition coefficient (Wildman–Crippen LogP) is 1.15. The van der Waals surface area contributed by atoms with E-state index in [1.165, 1.54) is 12.1 Å². The number of ketones is 1. The Labute approximate surface area is 224 Å². The number of carboxylic acid groups (broad SMARTS) is 1. The van der Waals surface area contributed by atoms with E-state index in [4.69, 9.17) is 4.74 Å². The molecule has 2 aromatic carbocycles. The number of carbonyl (C=O) groups is 2. The summed E-state index contributed by atoms with van der Waals surface area (Å²) < 4.78 is 13.9. The van der Waals surface area contributed by atoms with Crippen molar-refractivity contribution in [3.63, 3.8) is 0 Å². The summed E-state index contributed by atoms with van der Waals surface area (Å²) in [6, 6.07) is 9.36. The quantitative estimate of drug-likeness (QED) is 0.288. The molecule has 0 saturated heterocycles. The molecule has 1 N–H and O–H groups in total. The maximum Gasteiger partial charge on any atom is 1.00 e. The molecule has 0 radical (unpaired) electrons. The fourth-order valence-electron chi connectivity index (χ4n) is 4.35. The van der Waals surface area contributed by atoms with Crippen molar-refractivity contribution in [2.45, 2.75) is 52.1 Å². The third kappa shape index (κ3) is 5.86. The Balaban J connectivity index is 0.00000324. The Bertz CT molecular complexity index is 1230. The molecule has 1 aliphatic rings. The molecule has 1 aromatic heterocycles. The Morgan fingerprint density at radius 1 is 1.09 bits per heavy atom. The number of aromatic hydroxyl groups is 1. The predicted molar refractivity (Wildman–Crippen MR) is 124 cm³/mol. The monoisotopic (exact) mass is 488 g/mol.